The molecule has 6 aliphatic carbocycles. The van der Waals surface area contributed by atoms with E-state index in [0.29, 0.717) is 11.3 Å². The molecule has 0 spiro atoms. The van der Waals surface area contributed by atoms with Crippen molar-refractivity contribution in [2.75, 3.05) is 0 Å². The van der Waals surface area contributed by atoms with Crippen molar-refractivity contribution in [3.8, 4) is 11.1 Å². The van der Waals surface area contributed by atoms with Crippen LogP contribution in [0.15, 0.2) is 93.3 Å². The summed E-state index contributed by atoms with van der Waals surface area (Å²) in [6.07, 6.45) is 14.4. The third-order valence-corrected chi connectivity index (χ3v) is 19.9. The number of halogens is 2. The molecule has 0 N–H and O–H groups in total. The van der Waals surface area contributed by atoms with Gasteiger partial charge < -0.3 is 24.8 Å². The molecule has 4 fully saturated rings. The first-order valence-corrected chi connectivity index (χ1v) is 19.6. The first-order valence-electron chi connectivity index (χ1n) is 15.9. The first kappa shape index (κ1) is 30.5. The van der Waals surface area contributed by atoms with E-state index in [1.165, 1.54) is 47.9 Å². The van der Waals surface area contributed by atoms with Gasteiger partial charge in [0.05, 0.1) is 0 Å². The third kappa shape index (κ3) is 5.05. The zero-order valence-corrected chi connectivity index (χ0v) is 29.2. The maximum absolute atomic E-state index is 2.74. The van der Waals surface area contributed by atoms with Crippen LogP contribution in [0.1, 0.15) is 82.4 Å². The van der Waals surface area contributed by atoms with Crippen molar-refractivity contribution < 1.29 is 46.1 Å². The van der Waals surface area contributed by atoms with Gasteiger partial charge >= 0.3 is 250 Å². The molecule has 3 aromatic carbocycles. The van der Waals surface area contributed by atoms with Crippen LogP contribution in [0.2, 0.25) is 0 Å². The number of fused-ring (bicyclic) bond motifs is 3. The number of hydrogen-bond acceptors (Lipinski definition) is 0. The van der Waals surface area contributed by atoms with Gasteiger partial charge in [-0.3, -0.25) is 0 Å². The molecular formula is C39H42Cl2Zr. The van der Waals surface area contributed by atoms with Gasteiger partial charge in [0.2, 0.25) is 0 Å². The van der Waals surface area contributed by atoms with Gasteiger partial charge in [-0.25, -0.2) is 0 Å². The second-order valence-electron chi connectivity index (χ2n) is 14.1. The Kier molecular flexibility index (Phi) is 8.54. The normalized spacial score (nSPS) is 28.5. The van der Waals surface area contributed by atoms with Crippen LogP contribution >= 0.6 is 0 Å². The molecule has 4 saturated carbocycles. The molecule has 3 heteroatoms. The summed E-state index contributed by atoms with van der Waals surface area (Å²) in [6, 6.07) is 27.8. The fourth-order valence-electron chi connectivity index (χ4n) is 10.3. The zero-order chi connectivity index (χ0) is 27.0. The fraction of sp³-hybridized carbons (Fsp3) is 0.410. The minimum atomic E-state index is -2.45. The molecule has 216 valence electrons. The van der Waals surface area contributed by atoms with Gasteiger partial charge in [0.1, 0.15) is 0 Å². The summed E-state index contributed by atoms with van der Waals surface area (Å²) in [5, 5.41) is 0. The molecule has 1 unspecified atom stereocenters. The van der Waals surface area contributed by atoms with Crippen molar-refractivity contribution in [2.45, 2.75) is 72.1 Å². The van der Waals surface area contributed by atoms with Crippen molar-refractivity contribution in [1.29, 1.82) is 0 Å². The van der Waals surface area contributed by atoms with Crippen molar-refractivity contribution in [1.82, 2.24) is 0 Å². The number of benzene rings is 3. The van der Waals surface area contributed by atoms with Gasteiger partial charge in [-0.05, 0) is 0 Å². The van der Waals surface area contributed by atoms with E-state index in [1.54, 1.807) is 42.4 Å². The maximum Gasteiger partial charge on any atom is -1.00 e. The molecule has 0 heterocycles. The summed E-state index contributed by atoms with van der Waals surface area (Å²) >= 11 is -2.45. The van der Waals surface area contributed by atoms with Crippen molar-refractivity contribution in [3.05, 3.63) is 110 Å². The van der Waals surface area contributed by atoms with Crippen molar-refractivity contribution >= 4 is 6.48 Å². The van der Waals surface area contributed by atoms with Gasteiger partial charge in [0.25, 0.3) is 0 Å². The van der Waals surface area contributed by atoms with Crippen LogP contribution < -0.4 is 28.1 Å². The van der Waals surface area contributed by atoms with E-state index in [4.69, 9.17) is 0 Å². The molecule has 0 nitrogen and oxygen atoms in total. The van der Waals surface area contributed by atoms with Crippen LogP contribution in [-0.2, 0) is 27.7 Å². The van der Waals surface area contributed by atoms with E-state index < -0.39 is 21.3 Å². The van der Waals surface area contributed by atoms with Crippen LogP contribution in [0.5, 0.6) is 0 Å². The minimum absolute atomic E-state index is 0. The molecule has 9 rings (SSSR count). The first-order chi connectivity index (χ1) is 19.5. The molecule has 3 aromatic rings. The molecule has 0 saturated heterocycles. The number of hydrogen-bond donors (Lipinski definition) is 0. The zero-order valence-electron chi connectivity index (χ0n) is 25.2. The second kappa shape index (κ2) is 11.8. The Morgan fingerprint density at radius 2 is 1.40 bits per heavy atom. The Balaban J connectivity index is 0.00000158. The van der Waals surface area contributed by atoms with Gasteiger partial charge in [-0.1, -0.05) is 0 Å². The molecule has 6 aliphatic rings. The van der Waals surface area contributed by atoms with Crippen LogP contribution in [0, 0.1) is 29.1 Å². The van der Waals surface area contributed by atoms with Gasteiger partial charge in [0.15, 0.2) is 0 Å². The Morgan fingerprint density at radius 1 is 0.786 bits per heavy atom. The molecule has 0 radical (unpaired) electrons. The molecule has 0 aromatic heterocycles. The summed E-state index contributed by atoms with van der Waals surface area (Å²) in [4.78, 5) is 0. The van der Waals surface area contributed by atoms with Crippen LogP contribution in [0.3, 0.4) is 0 Å². The van der Waals surface area contributed by atoms with E-state index >= 15 is 0 Å². The topological polar surface area (TPSA) is 0 Å². The van der Waals surface area contributed by atoms with E-state index in [9.17, 15) is 0 Å². The van der Waals surface area contributed by atoms with Crippen LogP contribution in [-0.4, -0.2) is 3.21 Å². The van der Waals surface area contributed by atoms with E-state index in [-0.39, 0.29) is 24.8 Å². The molecule has 4 bridgehead atoms. The van der Waals surface area contributed by atoms with Gasteiger partial charge in [0, 0.05) is 0 Å². The maximum atomic E-state index is 2.74. The Morgan fingerprint density at radius 3 is 2.10 bits per heavy atom. The molecule has 0 amide bonds. The minimum Gasteiger partial charge on any atom is -1.00 e. The van der Waals surface area contributed by atoms with Crippen LogP contribution in [0.25, 0.3) is 11.1 Å². The second-order valence-corrected chi connectivity index (χ2v) is 20.5. The third-order valence-electron chi connectivity index (χ3n) is 11.5. The fourth-order valence-corrected chi connectivity index (χ4v) is 18.7. The van der Waals surface area contributed by atoms with E-state index in [1.807, 2.05) is 3.28 Å². The van der Waals surface area contributed by atoms with E-state index in [0.717, 1.165) is 24.2 Å². The van der Waals surface area contributed by atoms with E-state index in [2.05, 4.69) is 99.6 Å². The average molecular weight is 673 g/mol. The molecular weight excluding hydrogens is 631 g/mol. The smallest absolute Gasteiger partial charge is 1.00 e. The molecule has 0 aliphatic heterocycles. The summed E-state index contributed by atoms with van der Waals surface area (Å²) in [5.74, 6) is 3.66. The summed E-state index contributed by atoms with van der Waals surface area (Å²) < 4.78 is 5.27. The number of allylic oxidation sites excluding steroid dienone is 4. The number of rotatable bonds is 5. The Hall–Kier alpha value is -1.53. The Bertz CT molecular complexity index is 1570. The van der Waals surface area contributed by atoms with Crippen molar-refractivity contribution in [2.24, 2.45) is 29.1 Å². The Labute approximate surface area is 273 Å². The quantitative estimate of drug-likeness (QED) is 0.306. The molecule has 1 atom stereocenters. The summed E-state index contributed by atoms with van der Waals surface area (Å²) in [6.45, 7) is 7.56. The predicted octanol–water partition coefficient (Wildman–Crippen LogP) is 3.21. The SMILES string of the molecule is CC1=[C](/[Zr+2](=[C](\C)c2ccccc2)[c]2cccc3c2Cc2ccccc2-3)C(C)C=C1CC12CC3CC(CC(C3)C1)C2.[Cl-].[Cl-]. The van der Waals surface area contributed by atoms with Gasteiger partial charge in [-0.2, -0.15) is 0 Å². The summed E-state index contributed by atoms with van der Waals surface area (Å²) in [7, 11) is 0. The van der Waals surface area contributed by atoms with Gasteiger partial charge in [-0.15, -0.1) is 0 Å². The molecule has 42 heavy (non-hydrogen) atoms. The standard InChI is InChI=1S/C18H25.C13H9.C8H8.2ClH.Zr/c1-12-3-13(2)17(4-12)11-18-8-14-5-15(9-18)7-16(6-14)10-18;1-3-7-12-10(5-1)9-11-6-2-4-8-13(11)12;1-2-8-6-4-3-5-7-8;;;/h4,12,14-16H,5-11H2,1-2H3;1-5,7-8H,9H2;3-7H,1H3;2*1H;/q;;;;;+2/p-2. The predicted molar refractivity (Wildman–Crippen MR) is 166 cm³/mol. The van der Waals surface area contributed by atoms with Crippen LogP contribution in [0.4, 0.5) is 0 Å². The van der Waals surface area contributed by atoms with Crippen molar-refractivity contribution in [3.63, 3.8) is 0 Å². The monoisotopic (exact) mass is 670 g/mol. The summed E-state index contributed by atoms with van der Waals surface area (Å²) in [5.41, 5.74) is 11.6. The average Bonchev–Trinajstić information content (AvgIpc) is 3.45. The largest absolute Gasteiger partial charge is 1.00 e.